The van der Waals surface area contributed by atoms with E-state index in [0.717, 1.165) is 36.3 Å². The van der Waals surface area contributed by atoms with Crippen LogP contribution in [0.5, 0.6) is 0 Å². The smallest absolute Gasteiger partial charge is 0.299 e. The number of rotatable bonds is 0. The van der Waals surface area contributed by atoms with Crippen molar-refractivity contribution in [3.05, 3.63) is 28.3 Å². The number of amides is 1. The van der Waals surface area contributed by atoms with Crippen LogP contribution in [0.25, 0.3) is 0 Å². The minimum absolute atomic E-state index is 0.369. The first-order valence-electron chi connectivity index (χ1n) is 6.17. The minimum Gasteiger partial charge on any atom is -0.307 e. The monoisotopic (exact) mass is 244 g/mol. The summed E-state index contributed by atoms with van der Waals surface area (Å²) in [6, 6.07) is 1.88. The van der Waals surface area contributed by atoms with E-state index < -0.39 is 5.91 Å². The molecule has 0 fully saturated rings. The normalized spacial score (nSPS) is 19.2. The molecule has 0 N–H and O–H groups in total. The molecule has 0 saturated heterocycles. The average molecular weight is 244 g/mol. The fraction of sp³-hybridized carbons (Fsp3) is 0.429. The summed E-state index contributed by atoms with van der Waals surface area (Å²) in [6.45, 7) is 3.86. The van der Waals surface area contributed by atoms with Gasteiger partial charge >= 0.3 is 0 Å². The van der Waals surface area contributed by atoms with E-state index in [9.17, 15) is 9.59 Å². The Labute approximate surface area is 106 Å². The van der Waals surface area contributed by atoms with Gasteiger partial charge in [-0.2, -0.15) is 0 Å². The van der Waals surface area contributed by atoms with E-state index in [-0.39, 0.29) is 5.78 Å². The van der Waals surface area contributed by atoms with Crippen molar-refractivity contribution in [2.75, 3.05) is 25.5 Å². The second-order valence-electron chi connectivity index (χ2n) is 5.23. The lowest BCUT2D eigenvalue weighted by molar-refractivity contribution is -0.114. The fourth-order valence-electron chi connectivity index (χ4n) is 3.01. The summed E-state index contributed by atoms with van der Waals surface area (Å²) in [5, 5.41) is 0. The maximum atomic E-state index is 11.9. The fourth-order valence-corrected chi connectivity index (χ4v) is 3.01. The van der Waals surface area contributed by atoms with Gasteiger partial charge in [-0.05, 0) is 43.1 Å². The van der Waals surface area contributed by atoms with Crippen molar-refractivity contribution in [1.82, 2.24) is 4.90 Å². The van der Waals surface area contributed by atoms with Gasteiger partial charge < -0.3 is 9.80 Å². The number of benzene rings is 1. The molecule has 0 atom stereocenters. The zero-order valence-corrected chi connectivity index (χ0v) is 10.9. The SMILES string of the molecule is Cc1cc2c(c3c1CCN(C)C3)N(C)C(=O)C2=O. The van der Waals surface area contributed by atoms with Crippen molar-refractivity contribution in [3.8, 4) is 0 Å². The molecule has 0 radical (unpaired) electrons. The molecular weight excluding hydrogens is 228 g/mol. The molecule has 2 heterocycles. The number of hydrogen-bond donors (Lipinski definition) is 0. The maximum absolute atomic E-state index is 11.9. The third-order valence-electron chi connectivity index (χ3n) is 3.99. The van der Waals surface area contributed by atoms with E-state index in [1.165, 1.54) is 10.5 Å². The van der Waals surface area contributed by atoms with Crippen LogP contribution in [0.15, 0.2) is 6.07 Å². The molecule has 3 rings (SSSR count). The Balaban J connectivity index is 2.28. The summed E-state index contributed by atoms with van der Waals surface area (Å²) in [4.78, 5) is 27.5. The molecule has 0 spiro atoms. The van der Waals surface area contributed by atoms with E-state index in [2.05, 4.69) is 11.9 Å². The van der Waals surface area contributed by atoms with Gasteiger partial charge in [0.05, 0.1) is 11.3 Å². The van der Waals surface area contributed by atoms with Gasteiger partial charge in [-0.1, -0.05) is 0 Å². The molecule has 1 amide bonds. The summed E-state index contributed by atoms with van der Waals surface area (Å²) >= 11 is 0. The number of likely N-dealkylation sites (N-methyl/N-ethyl adjacent to an activating group) is 2. The lowest BCUT2D eigenvalue weighted by atomic mass is 9.91. The number of hydrogen-bond acceptors (Lipinski definition) is 3. The van der Waals surface area contributed by atoms with Crippen LogP contribution < -0.4 is 4.90 Å². The highest BCUT2D eigenvalue weighted by Gasteiger charge is 2.37. The Morgan fingerprint density at radius 1 is 1.17 bits per heavy atom. The van der Waals surface area contributed by atoms with Gasteiger partial charge in [-0.25, -0.2) is 0 Å². The molecule has 94 valence electrons. The summed E-state index contributed by atoms with van der Waals surface area (Å²) in [7, 11) is 3.76. The van der Waals surface area contributed by atoms with Crippen LogP contribution in [0.4, 0.5) is 5.69 Å². The van der Waals surface area contributed by atoms with E-state index in [1.54, 1.807) is 7.05 Å². The summed E-state index contributed by atoms with van der Waals surface area (Å²) < 4.78 is 0. The van der Waals surface area contributed by atoms with Crippen LogP contribution in [0.2, 0.25) is 0 Å². The number of anilines is 1. The van der Waals surface area contributed by atoms with Crippen molar-refractivity contribution in [3.63, 3.8) is 0 Å². The van der Waals surface area contributed by atoms with Crippen molar-refractivity contribution < 1.29 is 9.59 Å². The Kier molecular flexibility index (Phi) is 2.32. The Morgan fingerprint density at radius 2 is 1.89 bits per heavy atom. The molecule has 2 aliphatic heterocycles. The highest BCUT2D eigenvalue weighted by atomic mass is 16.2. The molecule has 1 aromatic carbocycles. The van der Waals surface area contributed by atoms with Crippen molar-refractivity contribution in [2.45, 2.75) is 19.9 Å². The average Bonchev–Trinajstić information content (AvgIpc) is 2.54. The second-order valence-corrected chi connectivity index (χ2v) is 5.23. The maximum Gasteiger partial charge on any atom is 0.299 e. The third kappa shape index (κ3) is 1.35. The van der Waals surface area contributed by atoms with Crippen LogP contribution in [-0.4, -0.2) is 37.2 Å². The zero-order chi connectivity index (χ0) is 13.0. The van der Waals surface area contributed by atoms with Gasteiger partial charge in [0.25, 0.3) is 11.7 Å². The topological polar surface area (TPSA) is 40.6 Å². The Hall–Kier alpha value is -1.68. The largest absolute Gasteiger partial charge is 0.307 e. The van der Waals surface area contributed by atoms with Gasteiger partial charge in [0.15, 0.2) is 0 Å². The molecule has 0 saturated carbocycles. The molecular formula is C14H16N2O2. The molecule has 0 unspecified atom stereocenters. The lowest BCUT2D eigenvalue weighted by Gasteiger charge is -2.29. The summed E-state index contributed by atoms with van der Waals surface area (Å²) in [5.74, 6) is -0.780. The lowest BCUT2D eigenvalue weighted by Crippen LogP contribution is -2.30. The number of aryl methyl sites for hydroxylation is 1. The molecule has 1 aromatic rings. The molecule has 0 aromatic heterocycles. The zero-order valence-electron chi connectivity index (χ0n) is 10.9. The van der Waals surface area contributed by atoms with E-state index in [4.69, 9.17) is 0 Å². The Morgan fingerprint density at radius 3 is 2.61 bits per heavy atom. The summed E-state index contributed by atoms with van der Waals surface area (Å²) in [5.41, 5.74) is 5.00. The van der Waals surface area contributed by atoms with Crippen molar-refractivity contribution in [2.24, 2.45) is 0 Å². The van der Waals surface area contributed by atoms with Crippen LogP contribution in [0.3, 0.4) is 0 Å². The van der Waals surface area contributed by atoms with E-state index in [1.807, 2.05) is 13.0 Å². The first-order chi connectivity index (χ1) is 8.50. The quantitative estimate of drug-likeness (QED) is 0.643. The number of carbonyl (C=O) groups excluding carboxylic acids is 2. The second kappa shape index (κ2) is 3.65. The van der Waals surface area contributed by atoms with Gasteiger partial charge in [-0.15, -0.1) is 0 Å². The molecule has 4 nitrogen and oxygen atoms in total. The number of fused-ring (bicyclic) bond motifs is 3. The molecule has 0 bridgehead atoms. The highest BCUT2D eigenvalue weighted by Crippen LogP contribution is 2.38. The van der Waals surface area contributed by atoms with E-state index in [0.29, 0.717) is 5.56 Å². The Bertz CT molecular complexity index is 578. The minimum atomic E-state index is -0.411. The van der Waals surface area contributed by atoms with Crippen LogP contribution in [0, 0.1) is 6.92 Å². The van der Waals surface area contributed by atoms with Crippen LogP contribution in [-0.2, 0) is 17.8 Å². The third-order valence-corrected chi connectivity index (χ3v) is 3.99. The standard InChI is InChI=1S/C14H16N2O2/c1-8-6-10-12(16(3)14(18)13(10)17)11-7-15(2)5-4-9(8)11/h6H,4-5,7H2,1-3H3. The van der Waals surface area contributed by atoms with Crippen LogP contribution >= 0.6 is 0 Å². The first-order valence-corrected chi connectivity index (χ1v) is 6.17. The van der Waals surface area contributed by atoms with Crippen molar-refractivity contribution >= 4 is 17.4 Å². The number of ketones is 1. The van der Waals surface area contributed by atoms with Gasteiger partial charge in [0.2, 0.25) is 0 Å². The van der Waals surface area contributed by atoms with Gasteiger partial charge in [0.1, 0.15) is 0 Å². The molecule has 2 aliphatic rings. The van der Waals surface area contributed by atoms with Gasteiger partial charge in [0, 0.05) is 20.1 Å². The number of nitrogens with zero attached hydrogens (tertiary/aromatic N) is 2. The number of carbonyl (C=O) groups is 2. The van der Waals surface area contributed by atoms with Crippen LogP contribution in [0.1, 0.15) is 27.0 Å². The first kappa shape index (κ1) is 11.4. The van der Waals surface area contributed by atoms with Gasteiger partial charge in [-0.3, -0.25) is 9.59 Å². The molecule has 0 aliphatic carbocycles. The molecule has 18 heavy (non-hydrogen) atoms. The summed E-state index contributed by atoms with van der Waals surface area (Å²) in [6.07, 6.45) is 0.987. The van der Waals surface area contributed by atoms with E-state index >= 15 is 0 Å². The number of Topliss-reactive ketones (excluding diaryl/α,β-unsaturated/α-hetero) is 1. The predicted octanol–water partition coefficient (Wildman–Crippen LogP) is 1.14. The predicted molar refractivity (Wildman–Crippen MR) is 69.0 cm³/mol. The van der Waals surface area contributed by atoms with Crippen molar-refractivity contribution in [1.29, 1.82) is 0 Å². The highest BCUT2D eigenvalue weighted by molar-refractivity contribution is 6.52. The molecule has 4 heteroatoms.